The number of hydrogen-bond donors (Lipinski definition) is 3. The second kappa shape index (κ2) is 41.1. The van der Waals surface area contributed by atoms with Gasteiger partial charge in [-0.05, 0) is 51.4 Å². The van der Waals surface area contributed by atoms with Gasteiger partial charge in [0.25, 0.3) is 0 Å². The van der Waals surface area contributed by atoms with Crippen LogP contribution in [-0.2, 0) is 32.7 Å². The lowest BCUT2D eigenvalue weighted by Crippen LogP contribution is -2.34. The van der Waals surface area contributed by atoms with E-state index in [2.05, 4.69) is 62.5 Å². The highest BCUT2D eigenvalue weighted by Gasteiger charge is 2.27. The van der Waals surface area contributed by atoms with Crippen LogP contribution in [0.25, 0.3) is 0 Å². The van der Waals surface area contributed by atoms with E-state index in [4.69, 9.17) is 29.4 Å². The molecule has 326 valence electrons. The number of phosphoric ester groups is 1. The molecule has 56 heavy (non-hydrogen) atoms. The van der Waals surface area contributed by atoms with Gasteiger partial charge < -0.3 is 25.2 Å². The molecule has 0 radical (unpaired) electrons. The molecule has 0 aromatic rings. The van der Waals surface area contributed by atoms with Gasteiger partial charge in [-0.25, -0.2) is 4.57 Å². The topological polar surface area (TPSA) is 155 Å². The monoisotopic (exact) mass is 812 g/mol. The first-order valence-electron chi connectivity index (χ1n) is 22.2. The number of phosphoric acid groups is 1. The van der Waals surface area contributed by atoms with Gasteiger partial charge >= 0.3 is 19.8 Å². The van der Waals surface area contributed by atoms with E-state index >= 15 is 0 Å². The Morgan fingerprint density at radius 2 is 1.04 bits per heavy atom. The zero-order valence-electron chi connectivity index (χ0n) is 35.5. The predicted octanol–water partition coefficient (Wildman–Crippen LogP) is 12.3. The van der Waals surface area contributed by atoms with Crippen molar-refractivity contribution in [2.24, 2.45) is 5.73 Å². The summed E-state index contributed by atoms with van der Waals surface area (Å²) in [5.41, 5.74) is 5.36. The van der Waals surface area contributed by atoms with Crippen molar-refractivity contribution in [1.82, 2.24) is 0 Å². The van der Waals surface area contributed by atoms with Gasteiger partial charge in [0.15, 0.2) is 0 Å². The fraction of sp³-hybridized carbons (Fsp3) is 0.778. The third-order valence-corrected chi connectivity index (χ3v) is 10.3. The van der Waals surface area contributed by atoms with Gasteiger partial charge in [-0.15, -0.1) is 0 Å². The molecule has 0 saturated heterocycles. The Balaban J connectivity index is 4.23. The van der Waals surface area contributed by atoms with E-state index in [1.807, 2.05) is 0 Å². The van der Waals surface area contributed by atoms with Crippen LogP contribution in [0.4, 0.5) is 0 Å². The molecule has 0 aliphatic carbocycles. The second-order valence-corrected chi connectivity index (χ2v) is 16.3. The summed E-state index contributed by atoms with van der Waals surface area (Å²) in [6.07, 6.45) is 47.3. The molecule has 11 heteroatoms. The van der Waals surface area contributed by atoms with E-state index in [1.165, 1.54) is 96.3 Å². The highest BCUT2D eigenvalue weighted by atomic mass is 31.2. The van der Waals surface area contributed by atoms with Crippen molar-refractivity contribution in [2.45, 2.75) is 199 Å². The largest absolute Gasteiger partial charge is 0.480 e. The number of carboxylic acid groups (broad SMARTS) is 1. The minimum atomic E-state index is -4.62. The average molecular weight is 812 g/mol. The predicted molar refractivity (Wildman–Crippen MR) is 231 cm³/mol. The minimum Gasteiger partial charge on any atom is -0.480 e. The number of aliphatic carboxylic acids is 1. The summed E-state index contributed by atoms with van der Waals surface area (Å²) in [7, 11) is -4.62. The van der Waals surface area contributed by atoms with Crippen LogP contribution in [0.15, 0.2) is 48.6 Å². The molecule has 10 nitrogen and oxygen atoms in total. The lowest BCUT2D eigenvalue weighted by atomic mass is 10.0. The Bertz CT molecular complexity index is 1080. The van der Waals surface area contributed by atoms with Crippen LogP contribution in [0.3, 0.4) is 0 Å². The first-order chi connectivity index (χ1) is 27.2. The number of ether oxygens (including phenoxy) is 2. The van der Waals surface area contributed by atoms with Crippen molar-refractivity contribution in [3.8, 4) is 0 Å². The summed E-state index contributed by atoms with van der Waals surface area (Å²) in [4.78, 5) is 33.5. The summed E-state index contributed by atoms with van der Waals surface area (Å²) in [6.45, 7) is 3.75. The molecule has 0 fully saturated rings. The van der Waals surface area contributed by atoms with Crippen molar-refractivity contribution >= 4 is 19.8 Å². The molecule has 0 aliphatic heterocycles. The van der Waals surface area contributed by atoms with Gasteiger partial charge in [-0.1, -0.05) is 178 Å². The molecule has 4 N–H and O–H groups in total. The Labute approximate surface area is 341 Å². The number of carbonyl (C=O) groups excluding carboxylic acids is 1. The van der Waals surface area contributed by atoms with Gasteiger partial charge in [0.2, 0.25) is 0 Å². The van der Waals surface area contributed by atoms with E-state index in [0.29, 0.717) is 13.0 Å². The van der Waals surface area contributed by atoms with Crippen molar-refractivity contribution in [2.75, 3.05) is 26.4 Å². The minimum absolute atomic E-state index is 0.0103. The molecule has 3 unspecified atom stereocenters. The second-order valence-electron chi connectivity index (χ2n) is 14.8. The third kappa shape index (κ3) is 40.1. The molecule has 0 aliphatic rings. The maximum absolute atomic E-state index is 12.6. The normalized spacial score (nSPS) is 14.4. The molecule has 0 aromatic heterocycles. The summed E-state index contributed by atoms with van der Waals surface area (Å²) in [6, 6.07) is -1.47. The van der Waals surface area contributed by atoms with E-state index in [-0.39, 0.29) is 13.0 Å². The van der Waals surface area contributed by atoms with Crippen LogP contribution in [0.2, 0.25) is 0 Å². The van der Waals surface area contributed by atoms with Crippen molar-refractivity contribution in [3.63, 3.8) is 0 Å². The SMILES string of the molecule is CC/C=C\C/C=C\C/C=C\C/C=C\CCCCCCCCCOCC(COP(=O)(O)OCC(N)C(=O)O)OC(=O)CCCCCCCCCCCCCCCC. The number of allylic oxidation sites excluding steroid dienone is 8. The molecule has 0 saturated carbocycles. The molecule has 0 rings (SSSR count). The van der Waals surface area contributed by atoms with Crippen LogP contribution >= 0.6 is 7.82 Å². The average Bonchev–Trinajstić information content (AvgIpc) is 3.18. The lowest BCUT2D eigenvalue weighted by Gasteiger charge is -2.20. The number of nitrogens with two attached hydrogens (primary N) is 1. The van der Waals surface area contributed by atoms with E-state index in [0.717, 1.165) is 64.2 Å². The highest BCUT2D eigenvalue weighted by molar-refractivity contribution is 7.47. The quantitative estimate of drug-likeness (QED) is 0.0235. The van der Waals surface area contributed by atoms with Crippen molar-refractivity contribution in [1.29, 1.82) is 0 Å². The molecule has 0 amide bonds. The number of esters is 1. The van der Waals surface area contributed by atoms with E-state index in [1.54, 1.807) is 0 Å². The van der Waals surface area contributed by atoms with Gasteiger partial charge in [0.1, 0.15) is 12.1 Å². The summed E-state index contributed by atoms with van der Waals surface area (Å²) >= 11 is 0. The van der Waals surface area contributed by atoms with Crippen LogP contribution in [-0.4, -0.2) is 60.5 Å². The van der Waals surface area contributed by atoms with Gasteiger partial charge in [-0.2, -0.15) is 0 Å². The van der Waals surface area contributed by atoms with E-state index < -0.39 is 45.1 Å². The Kier molecular flexibility index (Phi) is 39.6. The zero-order chi connectivity index (χ0) is 41.2. The third-order valence-electron chi connectivity index (χ3n) is 9.37. The van der Waals surface area contributed by atoms with Crippen molar-refractivity contribution in [3.05, 3.63) is 48.6 Å². The zero-order valence-corrected chi connectivity index (χ0v) is 36.4. The van der Waals surface area contributed by atoms with Gasteiger partial charge in [0.05, 0.1) is 19.8 Å². The highest BCUT2D eigenvalue weighted by Crippen LogP contribution is 2.43. The number of carboxylic acids is 1. The van der Waals surface area contributed by atoms with Crippen molar-refractivity contribution < 1.29 is 42.7 Å². The first-order valence-corrected chi connectivity index (χ1v) is 23.7. The smallest absolute Gasteiger partial charge is 0.472 e. The lowest BCUT2D eigenvalue weighted by molar-refractivity contribution is -0.154. The molecule has 0 spiro atoms. The Hall–Kier alpha value is -2.07. The van der Waals surface area contributed by atoms with Gasteiger partial charge in [0, 0.05) is 13.0 Å². The number of rotatable bonds is 42. The molecular formula is C45H82NO9P. The van der Waals surface area contributed by atoms with Crippen LogP contribution < -0.4 is 5.73 Å². The Morgan fingerprint density at radius 1 is 0.589 bits per heavy atom. The maximum atomic E-state index is 12.6. The Morgan fingerprint density at radius 3 is 1.55 bits per heavy atom. The maximum Gasteiger partial charge on any atom is 0.472 e. The summed E-state index contributed by atoms with van der Waals surface area (Å²) < 4.78 is 33.4. The number of unbranched alkanes of at least 4 members (excludes halogenated alkanes) is 20. The fourth-order valence-electron chi connectivity index (χ4n) is 5.95. The number of hydrogen-bond acceptors (Lipinski definition) is 8. The van der Waals surface area contributed by atoms with Crippen LogP contribution in [0.5, 0.6) is 0 Å². The summed E-state index contributed by atoms with van der Waals surface area (Å²) in [5, 5.41) is 8.90. The van der Waals surface area contributed by atoms with Gasteiger partial charge in [-0.3, -0.25) is 18.6 Å². The van der Waals surface area contributed by atoms with E-state index in [9.17, 15) is 19.0 Å². The van der Waals surface area contributed by atoms with Crippen LogP contribution in [0, 0.1) is 0 Å². The number of carbonyl (C=O) groups is 2. The molecule has 0 bridgehead atoms. The standard InChI is InChI=1S/C45H82NO9P/c1-3-5-7-9-11-13-15-17-19-20-21-22-23-24-26-28-30-32-34-36-38-52-39-42(40-53-56(50,51)54-41-43(46)45(48)49)55-44(47)37-35-33-31-29-27-25-18-16-14-12-10-8-6-4-2/h5,7,11,13,17,19,21-22,42-43H,3-4,6,8-10,12,14-16,18,20,23-41,46H2,1-2H3,(H,48,49)(H,50,51)/b7-5-,13-11-,19-17-,22-21-. The molecule has 0 heterocycles. The molecule has 0 aromatic carbocycles. The molecular weight excluding hydrogens is 729 g/mol. The summed E-state index contributed by atoms with van der Waals surface area (Å²) in [5.74, 6) is -1.78. The molecule has 3 atom stereocenters. The first kappa shape index (κ1) is 53.9. The van der Waals surface area contributed by atoms with Crippen LogP contribution in [0.1, 0.15) is 187 Å². The fourth-order valence-corrected chi connectivity index (χ4v) is 6.73.